The summed E-state index contributed by atoms with van der Waals surface area (Å²) in [6, 6.07) is 26.7. The van der Waals surface area contributed by atoms with Gasteiger partial charge >= 0.3 is 0 Å². The first-order valence-electron chi connectivity index (χ1n) is 11.6. The highest BCUT2D eigenvalue weighted by Crippen LogP contribution is 2.25. The lowest BCUT2D eigenvalue weighted by Gasteiger charge is -2.21. The Bertz CT molecular complexity index is 1040. The lowest BCUT2D eigenvalue weighted by molar-refractivity contribution is 0.0344. The highest BCUT2D eigenvalue weighted by molar-refractivity contribution is 6.00. The molecule has 1 aliphatic rings. The van der Waals surface area contributed by atoms with Crippen molar-refractivity contribution < 1.29 is 9.53 Å². The second-order valence-corrected chi connectivity index (χ2v) is 8.58. The van der Waals surface area contributed by atoms with Crippen LogP contribution in [0.2, 0.25) is 0 Å². The zero-order valence-corrected chi connectivity index (χ0v) is 19.5. The van der Waals surface area contributed by atoms with E-state index in [9.17, 15) is 4.79 Å². The third kappa shape index (κ3) is 5.81. The molecule has 0 spiro atoms. The van der Waals surface area contributed by atoms with E-state index in [1.165, 1.54) is 5.56 Å². The Morgan fingerprint density at radius 1 is 0.909 bits per heavy atom. The molecule has 0 aromatic heterocycles. The number of benzene rings is 3. The van der Waals surface area contributed by atoms with Crippen LogP contribution in [0.4, 0.5) is 5.69 Å². The van der Waals surface area contributed by atoms with E-state index in [-0.39, 0.29) is 12.0 Å². The predicted octanol–water partition coefficient (Wildman–Crippen LogP) is 4.65. The van der Waals surface area contributed by atoms with Gasteiger partial charge in [0.05, 0.1) is 18.3 Å². The Morgan fingerprint density at radius 3 is 2.36 bits per heavy atom. The minimum Gasteiger partial charge on any atom is -0.372 e. The summed E-state index contributed by atoms with van der Waals surface area (Å²) in [6.45, 7) is 3.60. The number of amides is 1. The zero-order valence-electron chi connectivity index (χ0n) is 19.5. The van der Waals surface area contributed by atoms with Crippen molar-refractivity contribution in [1.82, 2.24) is 10.2 Å². The fraction of sp³-hybridized carbons (Fsp3) is 0.321. The van der Waals surface area contributed by atoms with Crippen molar-refractivity contribution >= 4 is 11.6 Å². The summed E-state index contributed by atoms with van der Waals surface area (Å²) in [5, 5.41) is 3.21. The average molecular weight is 444 g/mol. The van der Waals surface area contributed by atoms with Crippen LogP contribution in [-0.4, -0.2) is 44.5 Å². The molecule has 1 unspecified atom stereocenters. The molecule has 172 valence electrons. The van der Waals surface area contributed by atoms with Gasteiger partial charge < -0.3 is 19.9 Å². The highest BCUT2D eigenvalue weighted by Gasteiger charge is 2.24. The van der Waals surface area contributed by atoms with Gasteiger partial charge in [-0.3, -0.25) is 4.79 Å². The van der Waals surface area contributed by atoms with Crippen LogP contribution in [0.1, 0.15) is 39.6 Å². The van der Waals surface area contributed by atoms with Crippen molar-refractivity contribution in [3.05, 3.63) is 101 Å². The molecular weight excluding hydrogens is 410 g/mol. The molecule has 1 heterocycles. The Balaban J connectivity index is 1.38. The van der Waals surface area contributed by atoms with Gasteiger partial charge in [-0.15, -0.1) is 0 Å². The molecule has 1 aliphatic heterocycles. The van der Waals surface area contributed by atoms with E-state index in [4.69, 9.17) is 4.74 Å². The molecule has 5 heteroatoms. The van der Waals surface area contributed by atoms with E-state index in [0.717, 1.165) is 41.9 Å². The molecule has 33 heavy (non-hydrogen) atoms. The molecule has 5 nitrogen and oxygen atoms in total. The number of carbonyl (C=O) groups is 1. The highest BCUT2D eigenvalue weighted by atomic mass is 16.5. The SMILES string of the molecule is CNCCC(OCc1ccc(CN2CCN(C)c3ccccc3C2=O)cc1)c1ccccc1. The van der Waals surface area contributed by atoms with Crippen LogP contribution in [0.3, 0.4) is 0 Å². The minimum absolute atomic E-state index is 0.0603. The van der Waals surface area contributed by atoms with Crippen LogP contribution in [0.15, 0.2) is 78.9 Å². The maximum atomic E-state index is 13.1. The predicted molar refractivity (Wildman–Crippen MR) is 133 cm³/mol. The first-order chi connectivity index (χ1) is 16.2. The van der Waals surface area contributed by atoms with Gasteiger partial charge in [-0.25, -0.2) is 0 Å². The first-order valence-corrected chi connectivity index (χ1v) is 11.6. The Morgan fingerprint density at radius 2 is 1.61 bits per heavy atom. The maximum absolute atomic E-state index is 13.1. The number of ether oxygens (including phenoxy) is 1. The van der Waals surface area contributed by atoms with Gasteiger partial charge in [0.25, 0.3) is 5.91 Å². The van der Waals surface area contributed by atoms with Gasteiger partial charge in [0.15, 0.2) is 0 Å². The molecule has 3 aromatic rings. The summed E-state index contributed by atoms with van der Waals surface area (Å²) in [5.41, 5.74) is 5.24. The van der Waals surface area contributed by atoms with Crippen LogP contribution >= 0.6 is 0 Å². The number of anilines is 1. The largest absolute Gasteiger partial charge is 0.372 e. The molecule has 4 rings (SSSR count). The van der Waals surface area contributed by atoms with Crippen LogP contribution in [0.5, 0.6) is 0 Å². The normalized spacial score (nSPS) is 14.7. The fourth-order valence-electron chi connectivity index (χ4n) is 4.25. The van der Waals surface area contributed by atoms with Crippen molar-refractivity contribution in [3.8, 4) is 0 Å². The zero-order chi connectivity index (χ0) is 23.0. The van der Waals surface area contributed by atoms with Crippen molar-refractivity contribution in [2.45, 2.75) is 25.7 Å². The molecular formula is C28H33N3O2. The topological polar surface area (TPSA) is 44.8 Å². The summed E-state index contributed by atoms with van der Waals surface area (Å²) < 4.78 is 6.28. The number of hydrogen-bond donors (Lipinski definition) is 1. The Labute approximate surface area is 197 Å². The van der Waals surface area contributed by atoms with Crippen molar-refractivity contribution in [1.29, 1.82) is 0 Å². The fourth-order valence-corrected chi connectivity index (χ4v) is 4.25. The quantitative estimate of drug-likeness (QED) is 0.523. The van der Waals surface area contributed by atoms with Crippen molar-refractivity contribution in [2.24, 2.45) is 0 Å². The van der Waals surface area contributed by atoms with Crippen LogP contribution in [-0.2, 0) is 17.9 Å². The number of carbonyl (C=O) groups excluding carboxylic acids is 1. The van der Waals surface area contributed by atoms with E-state index in [1.807, 2.05) is 49.3 Å². The number of likely N-dealkylation sites (N-methyl/N-ethyl adjacent to an activating group) is 1. The number of para-hydroxylation sites is 1. The van der Waals surface area contributed by atoms with Gasteiger partial charge in [-0.1, -0.05) is 66.7 Å². The second-order valence-electron chi connectivity index (χ2n) is 8.58. The molecule has 1 N–H and O–H groups in total. The molecule has 0 radical (unpaired) electrons. The lowest BCUT2D eigenvalue weighted by atomic mass is 10.1. The summed E-state index contributed by atoms with van der Waals surface area (Å²) in [6.07, 6.45) is 0.982. The van der Waals surface area contributed by atoms with Gasteiger partial charge in [0.1, 0.15) is 0 Å². The maximum Gasteiger partial charge on any atom is 0.256 e. The number of nitrogens with zero attached hydrogens (tertiary/aromatic N) is 2. The second kappa shape index (κ2) is 11.1. The minimum atomic E-state index is 0.0603. The summed E-state index contributed by atoms with van der Waals surface area (Å²) >= 11 is 0. The van der Waals surface area contributed by atoms with E-state index < -0.39 is 0 Å². The van der Waals surface area contributed by atoms with Gasteiger partial charge in [0, 0.05) is 32.4 Å². The standard InChI is InChI=1S/C28H33N3O2/c1-29-17-16-27(24-8-4-3-5-9-24)33-21-23-14-12-22(13-15-23)20-31-19-18-30(2)26-11-7-6-10-25(26)28(31)32/h3-15,27,29H,16-21H2,1-2H3. The number of fused-ring (bicyclic) bond motifs is 1. The third-order valence-electron chi connectivity index (χ3n) is 6.21. The van der Waals surface area contributed by atoms with Gasteiger partial charge in [-0.2, -0.15) is 0 Å². The number of rotatable bonds is 9. The van der Waals surface area contributed by atoms with E-state index in [1.54, 1.807) is 0 Å². The summed E-state index contributed by atoms with van der Waals surface area (Å²) in [7, 11) is 4.01. The molecule has 3 aromatic carbocycles. The third-order valence-corrected chi connectivity index (χ3v) is 6.21. The molecule has 0 fully saturated rings. The summed E-state index contributed by atoms with van der Waals surface area (Å²) in [4.78, 5) is 17.2. The van der Waals surface area contributed by atoms with Crippen LogP contribution in [0, 0.1) is 0 Å². The van der Waals surface area contributed by atoms with Gasteiger partial charge in [-0.05, 0) is 48.8 Å². The van der Waals surface area contributed by atoms with Crippen LogP contribution < -0.4 is 10.2 Å². The average Bonchev–Trinajstić information content (AvgIpc) is 2.98. The summed E-state index contributed by atoms with van der Waals surface area (Å²) in [5.74, 6) is 0.0950. The smallest absolute Gasteiger partial charge is 0.256 e. The Hall–Kier alpha value is -3.15. The first kappa shape index (κ1) is 23.0. The number of hydrogen-bond acceptors (Lipinski definition) is 4. The molecule has 0 bridgehead atoms. The van der Waals surface area contributed by atoms with E-state index in [2.05, 4.69) is 58.7 Å². The van der Waals surface area contributed by atoms with E-state index >= 15 is 0 Å². The van der Waals surface area contributed by atoms with Crippen LogP contribution in [0.25, 0.3) is 0 Å². The lowest BCUT2D eigenvalue weighted by Crippen LogP contribution is -2.33. The monoisotopic (exact) mass is 443 g/mol. The van der Waals surface area contributed by atoms with Crippen molar-refractivity contribution in [3.63, 3.8) is 0 Å². The number of nitrogens with one attached hydrogen (secondary N) is 1. The van der Waals surface area contributed by atoms with Crippen molar-refractivity contribution in [2.75, 3.05) is 38.6 Å². The van der Waals surface area contributed by atoms with E-state index in [0.29, 0.717) is 19.7 Å². The molecule has 0 aliphatic carbocycles. The molecule has 1 amide bonds. The van der Waals surface area contributed by atoms with Gasteiger partial charge in [0.2, 0.25) is 0 Å². The molecule has 0 saturated carbocycles. The molecule has 0 saturated heterocycles. The molecule has 1 atom stereocenters. The Kier molecular flexibility index (Phi) is 7.76.